The molecular weight excluding hydrogens is 336 g/mol. The van der Waals surface area contributed by atoms with E-state index in [1.165, 1.54) is 5.56 Å². The van der Waals surface area contributed by atoms with Crippen LogP contribution in [-0.4, -0.2) is 15.5 Å². The van der Waals surface area contributed by atoms with Crippen molar-refractivity contribution in [1.29, 1.82) is 0 Å². The second-order valence-corrected chi connectivity index (χ2v) is 6.18. The van der Waals surface area contributed by atoms with E-state index >= 15 is 0 Å². The van der Waals surface area contributed by atoms with Gasteiger partial charge in [0.2, 0.25) is 0 Å². The van der Waals surface area contributed by atoms with Gasteiger partial charge in [0.15, 0.2) is 0 Å². The van der Waals surface area contributed by atoms with Crippen molar-refractivity contribution in [3.63, 3.8) is 0 Å². The first-order valence-corrected chi connectivity index (χ1v) is 8.52. The van der Waals surface area contributed by atoms with Crippen molar-refractivity contribution in [2.24, 2.45) is 0 Å². The van der Waals surface area contributed by atoms with Crippen molar-refractivity contribution in [3.05, 3.63) is 89.0 Å². The number of ether oxygens (including phenoxy) is 1. The standard InChI is InChI=1S/C20H19ClN2O2/c21-18-8-4-7-16(13-18)9-10-20(24)25-15-19-22-11-12-23(19)14-17-5-2-1-3-6-17/h1-8,11-13H,9-10,14-15H2. The molecule has 0 bridgehead atoms. The fourth-order valence-corrected chi connectivity index (χ4v) is 2.77. The number of aromatic nitrogens is 2. The lowest BCUT2D eigenvalue weighted by Crippen LogP contribution is -2.10. The number of rotatable bonds is 7. The first-order valence-electron chi connectivity index (χ1n) is 8.15. The molecular formula is C20H19ClN2O2. The number of imidazole rings is 1. The van der Waals surface area contributed by atoms with Crippen LogP contribution in [-0.2, 0) is 29.1 Å². The second kappa shape index (κ2) is 8.49. The third-order valence-electron chi connectivity index (χ3n) is 3.87. The van der Waals surface area contributed by atoms with Gasteiger partial charge in [-0.15, -0.1) is 0 Å². The first kappa shape index (κ1) is 17.2. The molecule has 3 rings (SSSR count). The number of benzene rings is 2. The van der Waals surface area contributed by atoms with Crippen LogP contribution in [0.1, 0.15) is 23.4 Å². The molecule has 0 radical (unpaired) electrons. The van der Waals surface area contributed by atoms with Crippen molar-refractivity contribution in [1.82, 2.24) is 9.55 Å². The summed E-state index contributed by atoms with van der Waals surface area (Å²) in [7, 11) is 0. The molecule has 0 saturated carbocycles. The van der Waals surface area contributed by atoms with Crippen molar-refractivity contribution in [2.75, 3.05) is 0 Å². The van der Waals surface area contributed by atoms with Gasteiger partial charge in [0.1, 0.15) is 12.4 Å². The molecule has 0 unspecified atom stereocenters. The molecule has 25 heavy (non-hydrogen) atoms. The van der Waals surface area contributed by atoms with Gasteiger partial charge in [-0.05, 0) is 29.7 Å². The molecule has 0 atom stereocenters. The minimum atomic E-state index is -0.241. The topological polar surface area (TPSA) is 44.1 Å². The molecule has 2 aromatic carbocycles. The predicted molar refractivity (Wildman–Crippen MR) is 97.3 cm³/mol. The summed E-state index contributed by atoms with van der Waals surface area (Å²) in [6.07, 6.45) is 4.54. The number of hydrogen-bond acceptors (Lipinski definition) is 3. The van der Waals surface area contributed by atoms with Gasteiger partial charge in [0.05, 0.1) is 0 Å². The zero-order valence-electron chi connectivity index (χ0n) is 13.8. The normalized spacial score (nSPS) is 10.6. The van der Waals surface area contributed by atoms with Gasteiger partial charge in [0, 0.05) is 30.4 Å². The Balaban J connectivity index is 1.50. The first-order chi connectivity index (χ1) is 12.2. The van der Waals surface area contributed by atoms with Crippen molar-refractivity contribution in [2.45, 2.75) is 26.0 Å². The number of esters is 1. The molecule has 1 aromatic heterocycles. The van der Waals surface area contributed by atoms with Crippen molar-refractivity contribution < 1.29 is 9.53 Å². The van der Waals surface area contributed by atoms with Crippen molar-refractivity contribution >= 4 is 17.6 Å². The van der Waals surface area contributed by atoms with E-state index < -0.39 is 0 Å². The van der Waals surface area contributed by atoms with Crippen LogP contribution < -0.4 is 0 Å². The van der Waals surface area contributed by atoms with E-state index in [-0.39, 0.29) is 12.6 Å². The highest BCUT2D eigenvalue weighted by Crippen LogP contribution is 2.13. The molecule has 1 heterocycles. The van der Waals surface area contributed by atoms with E-state index in [0.29, 0.717) is 24.4 Å². The monoisotopic (exact) mass is 354 g/mol. The van der Waals surface area contributed by atoms with Gasteiger partial charge in [-0.2, -0.15) is 0 Å². The number of carbonyl (C=O) groups is 1. The maximum atomic E-state index is 12.0. The highest BCUT2D eigenvalue weighted by Gasteiger charge is 2.08. The summed E-state index contributed by atoms with van der Waals surface area (Å²) in [5.74, 6) is 0.495. The molecule has 0 amide bonds. The summed E-state index contributed by atoms with van der Waals surface area (Å²) in [5.41, 5.74) is 2.20. The van der Waals surface area contributed by atoms with Crippen LogP contribution in [0, 0.1) is 0 Å². The molecule has 0 saturated heterocycles. The van der Waals surface area contributed by atoms with Crippen LogP contribution in [0.15, 0.2) is 67.0 Å². The summed E-state index contributed by atoms with van der Waals surface area (Å²) in [5, 5.41) is 0.675. The van der Waals surface area contributed by atoms with Gasteiger partial charge in [-0.1, -0.05) is 54.1 Å². The molecule has 0 fully saturated rings. The van der Waals surface area contributed by atoms with Gasteiger partial charge >= 0.3 is 5.97 Å². The fraction of sp³-hybridized carbons (Fsp3) is 0.200. The highest BCUT2D eigenvalue weighted by atomic mass is 35.5. The van der Waals surface area contributed by atoms with E-state index in [0.717, 1.165) is 11.4 Å². The van der Waals surface area contributed by atoms with Gasteiger partial charge in [-0.25, -0.2) is 4.98 Å². The minimum absolute atomic E-state index is 0.175. The van der Waals surface area contributed by atoms with Gasteiger partial charge < -0.3 is 9.30 Å². The Hall–Kier alpha value is -2.59. The lowest BCUT2D eigenvalue weighted by Gasteiger charge is -2.09. The SMILES string of the molecule is O=C(CCc1cccc(Cl)c1)OCc1nccn1Cc1ccccc1. The molecule has 4 nitrogen and oxygen atoms in total. The Morgan fingerprint density at radius 1 is 1.08 bits per heavy atom. The lowest BCUT2D eigenvalue weighted by atomic mass is 10.1. The largest absolute Gasteiger partial charge is 0.457 e. The van der Waals surface area contributed by atoms with Gasteiger partial charge in [0.25, 0.3) is 0 Å². The number of aryl methyl sites for hydroxylation is 1. The maximum Gasteiger partial charge on any atom is 0.306 e. The average molecular weight is 355 g/mol. The number of hydrogen-bond donors (Lipinski definition) is 0. The van der Waals surface area contributed by atoms with E-state index in [1.807, 2.05) is 53.2 Å². The maximum absolute atomic E-state index is 12.0. The lowest BCUT2D eigenvalue weighted by molar-refractivity contribution is -0.145. The molecule has 0 N–H and O–H groups in total. The molecule has 3 aromatic rings. The Labute approximate surface area is 152 Å². The summed E-state index contributed by atoms with van der Waals surface area (Å²) >= 11 is 5.95. The van der Waals surface area contributed by atoms with Crippen LogP contribution in [0.25, 0.3) is 0 Å². The van der Waals surface area contributed by atoms with Crippen LogP contribution in [0.2, 0.25) is 5.02 Å². The molecule has 5 heteroatoms. The smallest absolute Gasteiger partial charge is 0.306 e. The number of nitrogens with zero attached hydrogens (tertiary/aromatic N) is 2. The van der Waals surface area contributed by atoms with Crippen LogP contribution >= 0.6 is 11.6 Å². The third-order valence-corrected chi connectivity index (χ3v) is 4.10. The quantitative estimate of drug-likeness (QED) is 0.595. The Bertz CT molecular complexity index is 830. The van der Waals surface area contributed by atoms with Gasteiger partial charge in [-0.3, -0.25) is 4.79 Å². The third kappa shape index (κ3) is 5.19. The Morgan fingerprint density at radius 2 is 1.88 bits per heavy atom. The Kier molecular flexibility index (Phi) is 5.86. The molecule has 128 valence electrons. The predicted octanol–water partition coefficient (Wildman–Crippen LogP) is 4.26. The summed E-state index contributed by atoms with van der Waals surface area (Å²) in [4.78, 5) is 16.3. The molecule has 0 spiro atoms. The highest BCUT2D eigenvalue weighted by molar-refractivity contribution is 6.30. The zero-order chi connectivity index (χ0) is 17.5. The molecule has 0 aliphatic carbocycles. The second-order valence-electron chi connectivity index (χ2n) is 5.75. The van der Waals surface area contributed by atoms with Crippen molar-refractivity contribution in [3.8, 4) is 0 Å². The summed E-state index contributed by atoms with van der Waals surface area (Å²) in [6.45, 7) is 0.879. The van der Waals surface area contributed by atoms with E-state index in [4.69, 9.17) is 16.3 Å². The number of carbonyl (C=O) groups excluding carboxylic acids is 1. The fourth-order valence-electron chi connectivity index (χ4n) is 2.56. The van der Waals surface area contributed by atoms with Crippen LogP contribution in [0.3, 0.4) is 0 Å². The van der Waals surface area contributed by atoms with Crippen LogP contribution in [0.5, 0.6) is 0 Å². The Morgan fingerprint density at radius 3 is 2.68 bits per heavy atom. The summed E-state index contributed by atoms with van der Waals surface area (Å²) in [6, 6.07) is 17.6. The minimum Gasteiger partial charge on any atom is -0.457 e. The average Bonchev–Trinajstić information content (AvgIpc) is 3.06. The molecule has 0 aliphatic rings. The van der Waals surface area contributed by atoms with Crippen LogP contribution in [0.4, 0.5) is 0 Å². The van der Waals surface area contributed by atoms with E-state index in [9.17, 15) is 4.79 Å². The molecule has 0 aliphatic heterocycles. The van der Waals surface area contributed by atoms with E-state index in [1.54, 1.807) is 6.20 Å². The summed E-state index contributed by atoms with van der Waals surface area (Å²) < 4.78 is 7.35. The van der Waals surface area contributed by atoms with E-state index in [2.05, 4.69) is 17.1 Å². The number of halogens is 1. The zero-order valence-corrected chi connectivity index (χ0v) is 14.5.